The SMILES string of the molecule is CSC1CCC(NCc2cc(Br)cc(Br)c2N)CC1. The van der Waals surface area contributed by atoms with Gasteiger partial charge in [0.05, 0.1) is 5.69 Å². The Kier molecular flexibility index (Phi) is 6.06. The first kappa shape index (κ1) is 15.7. The van der Waals surface area contributed by atoms with Gasteiger partial charge in [-0.05, 0) is 65.6 Å². The third-order valence-electron chi connectivity index (χ3n) is 3.77. The van der Waals surface area contributed by atoms with Crippen LogP contribution in [0.15, 0.2) is 21.1 Å². The van der Waals surface area contributed by atoms with Gasteiger partial charge >= 0.3 is 0 Å². The molecule has 0 unspecified atom stereocenters. The molecule has 106 valence electrons. The lowest BCUT2D eigenvalue weighted by molar-refractivity contribution is 0.379. The third-order valence-corrected chi connectivity index (χ3v) is 6.02. The summed E-state index contributed by atoms with van der Waals surface area (Å²) in [6.07, 6.45) is 7.44. The minimum absolute atomic E-state index is 0.639. The van der Waals surface area contributed by atoms with Gasteiger partial charge in [-0.2, -0.15) is 11.8 Å². The summed E-state index contributed by atoms with van der Waals surface area (Å²) >= 11 is 9.02. The van der Waals surface area contributed by atoms with Gasteiger partial charge in [-0.25, -0.2) is 0 Å². The van der Waals surface area contributed by atoms with Crippen LogP contribution in [-0.4, -0.2) is 17.5 Å². The molecule has 1 aliphatic carbocycles. The van der Waals surface area contributed by atoms with Crippen molar-refractivity contribution in [1.82, 2.24) is 5.32 Å². The summed E-state index contributed by atoms with van der Waals surface area (Å²) in [7, 11) is 0. The molecule has 1 saturated carbocycles. The summed E-state index contributed by atoms with van der Waals surface area (Å²) in [6, 6.07) is 4.73. The highest BCUT2D eigenvalue weighted by Crippen LogP contribution is 2.30. The predicted molar refractivity (Wildman–Crippen MR) is 92.7 cm³/mol. The molecule has 2 rings (SSSR count). The number of anilines is 1. The van der Waals surface area contributed by atoms with Crippen molar-refractivity contribution in [2.75, 3.05) is 12.0 Å². The second kappa shape index (κ2) is 7.34. The molecule has 5 heteroatoms. The Morgan fingerprint density at radius 1 is 1.26 bits per heavy atom. The molecular weight excluding hydrogens is 388 g/mol. The third kappa shape index (κ3) is 4.38. The summed E-state index contributed by atoms with van der Waals surface area (Å²) in [5, 5.41) is 4.51. The van der Waals surface area contributed by atoms with Gasteiger partial charge in [-0.15, -0.1) is 0 Å². The van der Waals surface area contributed by atoms with Gasteiger partial charge in [-0.1, -0.05) is 15.9 Å². The van der Waals surface area contributed by atoms with Crippen molar-refractivity contribution in [2.45, 2.75) is 43.5 Å². The molecule has 0 saturated heterocycles. The Labute approximate surface area is 136 Å². The molecule has 1 fully saturated rings. The predicted octanol–water partition coefficient (Wildman–Crippen LogP) is 4.56. The molecule has 1 aromatic rings. The first-order chi connectivity index (χ1) is 9.10. The fraction of sp³-hybridized carbons (Fsp3) is 0.571. The molecule has 0 amide bonds. The molecule has 0 heterocycles. The Balaban J connectivity index is 1.89. The maximum Gasteiger partial charge on any atom is 0.0504 e. The van der Waals surface area contributed by atoms with E-state index in [-0.39, 0.29) is 0 Å². The van der Waals surface area contributed by atoms with E-state index in [2.05, 4.69) is 49.5 Å². The topological polar surface area (TPSA) is 38.0 Å². The molecular formula is C14H20Br2N2S. The van der Waals surface area contributed by atoms with Gasteiger partial charge in [0.2, 0.25) is 0 Å². The number of rotatable bonds is 4. The minimum Gasteiger partial charge on any atom is -0.398 e. The zero-order valence-electron chi connectivity index (χ0n) is 11.1. The van der Waals surface area contributed by atoms with E-state index in [4.69, 9.17) is 5.73 Å². The average molecular weight is 408 g/mol. The Morgan fingerprint density at radius 2 is 1.95 bits per heavy atom. The Morgan fingerprint density at radius 3 is 2.58 bits per heavy atom. The van der Waals surface area contributed by atoms with Crippen LogP contribution in [0, 0.1) is 0 Å². The summed E-state index contributed by atoms with van der Waals surface area (Å²) in [5.41, 5.74) is 8.10. The first-order valence-electron chi connectivity index (χ1n) is 6.59. The van der Waals surface area contributed by atoms with Crippen LogP contribution in [0.1, 0.15) is 31.2 Å². The minimum atomic E-state index is 0.639. The highest BCUT2D eigenvalue weighted by atomic mass is 79.9. The van der Waals surface area contributed by atoms with Crippen molar-refractivity contribution in [3.05, 3.63) is 26.6 Å². The van der Waals surface area contributed by atoms with Crippen molar-refractivity contribution in [3.63, 3.8) is 0 Å². The first-order valence-corrected chi connectivity index (χ1v) is 9.47. The molecule has 19 heavy (non-hydrogen) atoms. The van der Waals surface area contributed by atoms with Crippen molar-refractivity contribution in [3.8, 4) is 0 Å². The number of halogens is 2. The highest BCUT2D eigenvalue weighted by molar-refractivity contribution is 9.11. The smallest absolute Gasteiger partial charge is 0.0504 e. The van der Waals surface area contributed by atoms with Gasteiger partial charge in [-0.3, -0.25) is 0 Å². The fourth-order valence-corrected chi connectivity index (χ4v) is 4.60. The summed E-state index contributed by atoms with van der Waals surface area (Å²) in [6.45, 7) is 0.846. The molecule has 3 N–H and O–H groups in total. The molecule has 2 nitrogen and oxygen atoms in total. The molecule has 1 aromatic carbocycles. The van der Waals surface area contributed by atoms with E-state index < -0.39 is 0 Å². The average Bonchev–Trinajstić information content (AvgIpc) is 2.41. The summed E-state index contributed by atoms with van der Waals surface area (Å²) in [5.74, 6) is 0. The standard InChI is InChI=1S/C14H20Br2N2S/c1-19-12-4-2-11(3-5-12)18-8-9-6-10(15)7-13(16)14(9)17/h6-7,11-12,18H,2-5,8,17H2,1H3. The van der Waals surface area contributed by atoms with Crippen molar-refractivity contribution >= 4 is 49.3 Å². The number of nitrogens with two attached hydrogens (primary N) is 1. The zero-order chi connectivity index (χ0) is 13.8. The molecule has 0 aliphatic heterocycles. The zero-order valence-corrected chi connectivity index (χ0v) is 15.1. The van der Waals surface area contributed by atoms with Crippen molar-refractivity contribution in [2.24, 2.45) is 0 Å². The van der Waals surface area contributed by atoms with Gasteiger partial charge in [0.1, 0.15) is 0 Å². The van der Waals surface area contributed by atoms with E-state index in [0.717, 1.165) is 32.0 Å². The normalized spacial score (nSPS) is 23.5. The molecule has 1 aliphatic rings. The largest absolute Gasteiger partial charge is 0.398 e. The fourth-order valence-electron chi connectivity index (χ4n) is 2.54. The summed E-state index contributed by atoms with van der Waals surface area (Å²) in [4.78, 5) is 0. The Bertz CT molecular complexity index is 432. The number of benzene rings is 1. The number of nitrogens with one attached hydrogen (secondary N) is 1. The molecule has 0 radical (unpaired) electrons. The summed E-state index contributed by atoms with van der Waals surface area (Å²) < 4.78 is 2.03. The van der Waals surface area contributed by atoms with Crippen LogP contribution in [0.3, 0.4) is 0 Å². The number of nitrogen functional groups attached to an aromatic ring is 1. The van der Waals surface area contributed by atoms with Gasteiger partial charge < -0.3 is 11.1 Å². The van der Waals surface area contributed by atoms with Crippen LogP contribution in [0.5, 0.6) is 0 Å². The lowest BCUT2D eigenvalue weighted by atomic mass is 9.95. The number of thioether (sulfide) groups is 1. The quantitative estimate of drug-likeness (QED) is 0.718. The van der Waals surface area contributed by atoms with E-state index in [9.17, 15) is 0 Å². The lowest BCUT2D eigenvalue weighted by Crippen LogP contribution is -2.33. The van der Waals surface area contributed by atoms with E-state index in [1.807, 2.05) is 17.8 Å². The lowest BCUT2D eigenvalue weighted by Gasteiger charge is -2.28. The Hall–Kier alpha value is 0.290. The van der Waals surface area contributed by atoms with Crippen LogP contribution in [0.4, 0.5) is 5.69 Å². The van der Waals surface area contributed by atoms with Crippen molar-refractivity contribution < 1.29 is 0 Å². The monoisotopic (exact) mass is 406 g/mol. The maximum absolute atomic E-state index is 6.10. The van der Waals surface area contributed by atoms with Gasteiger partial charge in [0.15, 0.2) is 0 Å². The van der Waals surface area contributed by atoms with E-state index >= 15 is 0 Å². The van der Waals surface area contributed by atoms with Crippen LogP contribution in [0.25, 0.3) is 0 Å². The maximum atomic E-state index is 6.10. The molecule has 0 spiro atoms. The van der Waals surface area contributed by atoms with Gasteiger partial charge in [0.25, 0.3) is 0 Å². The van der Waals surface area contributed by atoms with Crippen molar-refractivity contribution in [1.29, 1.82) is 0 Å². The second-order valence-electron chi connectivity index (χ2n) is 5.05. The van der Waals surface area contributed by atoms with Crippen LogP contribution >= 0.6 is 43.6 Å². The van der Waals surface area contributed by atoms with E-state index in [1.165, 1.54) is 25.7 Å². The second-order valence-corrected chi connectivity index (χ2v) is 7.96. The van der Waals surface area contributed by atoms with Gasteiger partial charge in [0, 0.05) is 26.8 Å². The molecule has 0 bridgehead atoms. The van der Waals surface area contributed by atoms with E-state index in [1.54, 1.807) is 0 Å². The van der Waals surface area contributed by atoms with E-state index in [0.29, 0.717) is 6.04 Å². The van der Waals surface area contributed by atoms with Crippen LogP contribution in [-0.2, 0) is 6.54 Å². The number of hydrogen-bond donors (Lipinski definition) is 2. The number of hydrogen-bond acceptors (Lipinski definition) is 3. The van der Waals surface area contributed by atoms with Crippen LogP contribution < -0.4 is 11.1 Å². The van der Waals surface area contributed by atoms with Crippen LogP contribution in [0.2, 0.25) is 0 Å². The molecule has 0 atom stereocenters. The highest BCUT2D eigenvalue weighted by Gasteiger charge is 2.20. The molecule has 0 aromatic heterocycles.